The summed E-state index contributed by atoms with van der Waals surface area (Å²) >= 11 is 0. The number of benzene rings is 1. The minimum absolute atomic E-state index is 0.416. The van der Waals surface area contributed by atoms with Crippen molar-refractivity contribution in [1.82, 2.24) is 15.2 Å². The molecular formula is C16H15N3O2. The Morgan fingerprint density at radius 1 is 1.10 bits per heavy atom. The smallest absolute Gasteiger partial charge is 0.244 e. The number of hydrogen-bond donors (Lipinski definition) is 0. The number of hydrogen-bond acceptors (Lipinski definition) is 5. The summed E-state index contributed by atoms with van der Waals surface area (Å²) in [6.45, 7) is 4.46. The second-order valence-electron chi connectivity index (χ2n) is 4.57. The van der Waals surface area contributed by atoms with E-state index in [-0.39, 0.29) is 0 Å². The topological polar surface area (TPSA) is 61.0 Å². The predicted octanol–water partition coefficient (Wildman–Crippen LogP) is 3.51. The van der Waals surface area contributed by atoms with Gasteiger partial charge in [0.1, 0.15) is 0 Å². The molecule has 0 saturated carbocycles. The van der Waals surface area contributed by atoms with Gasteiger partial charge in [-0.05, 0) is 26.0 Å². The first kappa shape index (κ1) is 13.3. The third kappa shape index (κ3) is 2.76. The molecule has 0 aliphatic heterocycles. The van der Waals surface area contributed by atoms with Crippen LogP contribution in [-0.2, 0) is 0 Å². The molecule has 2 aromatic heterocycles. The third-order valence-electron chi connectivity index (χ3n) is 3.00. The minimum atomic E-state index is 0.416. The van der Waals surface area contributed by atoms with Crippen molar-refractivity contribution >= 4 is 0 Å². The fraction of sp³-hybridized carbons (Fsp3) is 0.188. The van der Waals surface area contributed by atoms with Gasteiger partial charge in [-0.3, -0.25) is 0 Å². The van der Waals surface area contributed by atoms with Gasteiger partial charge in [-0.2, -0.15) is 4.98 Å². The van der Waals surface area contributed by atoms with E-state index in [1.807, 2.05) is 38.1 Å². The number of nitrogens with zero attached hydrogens (tertiary/aromatic N) is 3. The molecule has 5 heteroatoms. The van der Waals surface area contributed by atoms with Gasteiger partial charge in [0.25, 0.3) is 0 Å². The summed E-state index contributed by atoms with van der Waals surface area (Å²) in [6, 6.07) is 11.6. The van der Waals surface area contributed by atoms with E-state index in [2.05, 4.69) is 15.2 Å². The Bertz CT molecular complexity index is 722. The molecule has 3 aromatic rings. The monoisotopic (exact) mass is 281 g/mol. The lowest BCUT2D eigenvalue weighted by Gasteiger charge is -2.08. The molecule has 0 atom stereocenters. The van der Waals surface area contributed by atoms with Gasteiger partial charge in [0.05, 0.1) is 12.9 Å². The van der Waals surface area contributed by atoms with Gasteiger partial charge in [-0.1, -0.05) is 29.8 Å². The van der Waals surface area contributed by atoms with Crippen LogP contribution in [0.2, 0.25) is 0 Å². The number of aromatic nitrogens is 3. The second-order valence-corrected chi connectivity index (χ2v) is 4.57. The lowest BCUT2D eigenvalue weighted by atomic mass is 10.1. The van der Waals surface area contributed by atoms with Gasteiger partial charge in [0.15, 0.2) is 11.5 Å². The zero-order valence-electron chi connectivity index (χ0n) is 11.9. The molecule has 0 aliphatic carbocycles. The Labute approximate surface area is 122 Å². The lowest BCUT2D eigenvalue weighted by Crippen LogP contribution is -2.03. The minimum Gasteiger partial charge on any atom is -0.476 e. The highest BCUT2D eigenvalue weighted by Crippen LogP contribution is 2.27. The average Bonchev–Trinajstić information content (AvgIpc) is 3.03. The van der Waals surface area contributed by atoms with E-state index in [9.17, 15) is 0 Å². The Hall–Kier alpha value is -2.69. The predicted molar refractivity (Wildman–Crippen MR) is 78.9 cm³/mol. The highest BCUT2D eigenvalue weighted by molar-refractivity contribution is 5.65. The average molecular weight is 281 g/mol. The van der Waals surface area contributed by atoms with Gasteiger partial charge >= 0.3 is 0 Å². The molecule has 21 heavy (non-hydrogen) atoms. The fourth-order valence-corrected chi connectivity index (χ4v) is 1.95. The SMILES string of the molecule is CCOc1nc(-c2ccco2)nnc1-c1ccc(C)cc1. The summed E-state index contributed by atoms with van der Waals surface area (Å²) in [5.41, 5.74) is 2.74. The molecule has 0 radical (unpaired) electrons. The van der Waals surface area contributed by atoms with Crippen LogP contribution in [0.25, 0.3) is 22.8 Å². The van der Waals surface area contributed by atoms with E-state index in [1.54, 1.807) is 18.4 Å². The summed E-state index contributed by atoms with van der Waals surface area (Å²) in [5, 5.41) is 8.38. The van der Waals surface area contributed by atoms with Crippen molar-refractivity contribution in [3.8, 4) is 28.7 Å². The summed E-state index contributed by atoms with van der Waals surface area (Å²) in [4.78, 5) is 4.41. The number of rotatable bonds is 4. The molecule has 0 bridgehead atoms. The van der Waals surface area contributed by atoms with Gasteiger partial charge < -0.3 is 9.15 Å². The fourth-order valence-electron chi connectivity index (χ4n) is 1.95. The van der Waals surface area contributed by atoms with E-state index in [0.29, 0.717) is 29.8 Å². The van der Waals surface area contributed by atoms with Crippen molar-refractivity contribution in [3.05, 3.63) is 48.2 Å². The Kier molecular flexibility index (Phi) is 3.64. The molecule has 0 fully saturated rings. The maximum atomic E-state index is 5.61. The maximum Gasteiger partial charge on any atom is 0.244 e. The largest absolute Gasteiger partial charge is 0.476 e. The van der Waals surface area contributed by atoms with Crippen molar-refractivity contribution in [2.24, 2.45) is 0 Å². The molecule has 0 unspecified atom stereocenters. The van der Waals surface area contributed by atoms with Crippen LogP contribution in [-0.4, -0.2) is 21.8 Å². The standard InChI is InChI=1S/C16H15N3O2/c1-3-20-16-14(12-8-6-11(2)7-9-12)18-19-15(17-16)13-5-4-10-21-13/h4-10H,3H2,1-2H3. The van der Waals surface area contributed by atoms with E-state index in [0.717, 1.165) is 5.56 Å². The molecule has 0 aliphatic rings. The third-order valence-corrected chi connectivity index (χ3v) is 3.00. The summed E-state index contributed by atoms with van der Waals surface area (Å²) in [7, 11) is 0. The van der Waals surface area contributed by atoms with Crippen molar-refractivity contribution in [1.29, 1.82) is 0 Å². The molecule has 1 aromatic carbocycles. The van der Waals surface area contributed by atoms with Crippen LogP contribution in [0.15, 0.2) is 47.1 Å². The van der Waals surface area contributed by atoms with Crippen LogP contribution >= 0.6 is 0 Å². The van der Waals surface area contributed by atoms with Crippen molar-refractivity contribution in [3.63, 3.8) is 0 Å². The van der Waals surface area contributed by atoms with E-state index < -0.39 is 0 Å². The molecule has 0 amide bonds. The summed E-state index contributed by atoms with van der Waals surface area (Å²) in [5.74, 6) is 1.45. The van der Waals surface area contributed by atoms with Gasteiger partial charge in [0.2, 0.25) is 11.7 Å². The molecule has 5 nitrogen and oxygen atoms in total. The lowest BCUT2D eigenvalue weighted by molar-refractivity contribution is 0.326. The highest BCUT2D eigenvalue weighted by atomic mass is 16.5. The van der Waals surface area contributed by atoms with Crippen LogP contribution in [0.5, 0.6) is 5.88 Å². The van der Waals surface area contributed by atoms with Gasteiger partial charge in [-0.25, -0.2) is 0 Å². The van der Waals surface area contributed by atoms with Gasteiger partial charge in [0, 0.05) is 5.56 Å². The first-order valence-electron chi connectivity index (χ1n) is 6.76. The van der Waals surface area contributed by atoms with E-state index in [1.165, 1.54) is 5.56 Å². The second kappa shape index (κ2) is 5.75. The van der Waals surface area contributed by atoms with Crippen LogP contribution < -0.4 is 4.74 Å². The Morgan fingerprint density at radius 3 is 2.57 bits per heavy atom. The zero-order valence-corrected chi connectivity index (χ0v) is 11.9. The number of furan rings is 1. The zero-order chi connectivity index (χ0) is 14.7. The molecule has 0 spiro atoms. The Balaban J connectivity index is 2.06. The van der Waals surface area contributed by atoms with Gasteiger partial charge in [-0.15, -0.1) is 10.2 Å². The summed E-state index contributed by atoms with van der Waals surface area (Å²) < 4.78 is 10.9. The first-order valence-corrected chi connectivity index (χ1v) is 6.76. The van der Waals surface area contributed by atoms with Crippen LogP contribution in [0.4, 0.5) is 0 Å². The molecule has 106 valence electrons. The van der Waals surface area contributed by atoms with E-state index >= 15 is 0 Å². The number of aryl methyl sites for hydroxylation is 1. The highest BCUT2D eigenvalue weighted by Gasteiger charge is 2.14. The van der Waals surface area contributed by atoms with Crippen molar-refractivity contribution in [2.75, 3.05) is 6.61 Å². The van der Waals surface area contributed by atoms with Crippen LogP contribution in [0.1, 0.15) is 12.5 Å². The quantitative estimate of drug-likeness (QED) is 0.732. The number of ether oxygens (including phenoxy) is 1. The van der Waals surface area contributed by atoms with Crippen molar-refractivity contribution in [2.45, 2.75) is 13.8 Å². The first-order chi connectivity index (χ1) is 10.3. The molecule has 0 N–H and O–H groups in total. The Morgan fingerprint density at radius 2 is 1.90 bits per heavy atom. The normalized spacial score (nSPS) is 10.6. The molecule has 0 saturated heterocycles. The molecule has 2 heterocycles. The molecular weight excluding hydrogens is 266 g/mol. The van der Waals surface area contributed by atoms with E-state index in [4.69, 9.17) is 9.15 Å². The summed E-state index contributed by atoms with van der Waals surface area (Å²) in [6.07, 6.45) is 1.58. The molecule has 3 rings (SSSR count). The maximum absolute atomic E-state index is 5.61. The van der Waals surface area contributed by atoms with Crippen LogP contribution in [0, 0.1) is 6.92 Å². The van der Waals surface area contributed by atoms with Crippen LogP contribution in [0.3, 0.4) is 0 Å². The van der Waals surface area contributed by atoms with Crippen molar-refractivity contribution < 1.29 is 9.15 Å².